The van der Waals surface area contributed by atoms with Crippen molar-refractivity contribution in [2.24, 2.45) is 0 Å². The molecule has 0 aromatic heterocycles. The van der Waals surface area contributed by atoms with Crippen LogP contribution in [0.25, 0.3) is 27.5 Å². The second-order valence-electron chi connectivity index (χ2n) is 10.2. The average Bonchev–Trinajstić information content (AvgIpc) is 3.01. The highest BCUT2D eigenvalue weighted by atomic mass is 14.3. The fraction of sp³-hybridized carbons (Fsp3) is 0.150. The molecule has 6 rings (SSSR count). The van der Waals surface area contributed by atoms with Gasteiger partial charge in [-0.25, -0.2) is 0 Å². The number of benzene rings is 5. The van der Waals surface area contributed by atoms with Gasteiger partial charge in [0, 0.05) is 5.92 Å². The van der Waals surface area contributed by atoms with Crippen LogP contribution in [0, 0.1) is 6.92 Å². The molecule has 0 fully saturated rings. The Bertz CT molecular complexity index is 1700. The van der Waals surface area contributed by atoms with Gasteiger partial charge in [-0.05, 0) is 75.6 Å². The Kier molecular flexibility index (Phi) is 8.57. The third kappa shape index (κ3) is 5.63. The zero-order chi connectivity index (χ0) is 27.9. The van der Waals surface area contributed by atoms with E-state index in [2.05, 4.69) is 153 Å². The van der Waals surface area contributed by atoms with Gasteiger partial charge in [-0.3, -0.25) is 0 Å². The number of fused-ring (bicyclic) bond motifs is 2. The quantitative estimate of drug-likeness (QED) is 0.223. The monoisotopic (exact) mass is 518 g/mol. The summed E-state index contributed by atoms with van der Waals surface area (Å²) in [6.45, 7) is 8.40. The highest BCUT2D eigenvalue weighted by Gasteiger charge is 2.22. The van der Waals surface area contributed by atoms with Gasteiger partial charge in [0.15, 0.2) is 0 Å². The van der Waals surface area contributed by atoms with E-state index in [1.165, 1.54) is 60.9 Å². The summed E-state index contributed by atoms with van der Waals surface area (Å²) in [6.07, 6.45) is 9.90. The summed E-state index contributed by atoms with van der Waals surface area (Å²) in [6, 6.07) is 42.3. The fourth-order valence-corrected chi connectivity index (χ4v) is 5.82. The number of hydrogen-bond donors (Lipinski definition) is 0. The molecule has 0 saturated carbocycles. The first-order valence-corrected chi connectivity index (χ1v) is 14.5. The standard InChI is InChI=1S/C38H32.C2H6/c1-27-13-10-17-30(25-27)31-18-11-19-32(26-31)34-20-5-3-4-14-28(2)38(37-23-9-8-22-35(34)37)36-24-12-16-29-15-6-7-21-33(29)36;1-2/h3-19,21-26,34H,20H2,1-2H3;1-2H3/b5-3-,14-4-,38-28+;. The Morgan fingerprint density at radius 1 is 0.600 bits per heavy atom. The van der Waals surface area contributed by atoms with E-state index in [4.69, 9.17) is 0 Å². The molecule has 0 N–H and O–H groups in total. The van der Waals surface area contributed by atoms with E-state index >= 15 is 0 Å². The minimum atomic E-state index is 0.247. The predicted molar refractivity (Wildman–Crippen MR) is 175 cm³/mol. The fourth-order valence-electron chi connectivity index (χ4n) is 5.82. The zero-order valence-electron chi connectivity index (χ0n) is 24.1. The van der Waals surface area contributed by atoms with Crippen molar-refractivity contribution >= 4 is 16.3 Å². The van der Waals surface area contributed by atoms with Crippen LogP contribution < -0.4 is 0 Å². The van der Waals surface area contributed by atoms with Gasteiger partial charge < -0.3 is 0 Å². The molecule has 1 atom stereocenters. The summed E-state index contributed by atoms with van der Waals surface area (Å²) in [7, 11) is 0. The van der Waals surface area contributed by atoms with Gasteiger partial charge in [0.2, 0.25) is 0 Å². The van der Waals surface area contributed by atoms with Crippen LogP contribution in [0.1, 0.15) is 60.9 Å². The minimum absolute atomic E-state index is 0.247. The predicted octanol–water partition coefficient (Wildman–Crippen LogP) is 11.3. The SMILES string of the molecule is CC.CC1=C(/c2cccc3ccccc23)c2ccccc2C(c2cccc(-c3cccc(C)c3)c2)C\C=C/C=C\1. The lowest BCUT2D eigenvalue weighted by atomic mass is 9.79. The van der Waals surface area contributed by atoms with Crippen molar-refractivity contribution < 1.29 is 0 Å². The molecule has 0 radical (unpaired) electrons. The van der Waals surface area contributed by atoms with E-state index in [0.717, 1.165) is 6.42 Å². The molecule has 5 aromatic carbocycles. The van der Waals surface area contributed by atoms with Gasteiger partial charge in [-0.1, -0.05) is 159 Å². The minimum Gasteiger partial charge on any atom is -0.0836 e. The number of rotatable bonds is 3. The smallest absolute Gasteiger partial charge is 0.0130 e. The van der Waals surface area contributed by atoms with E-state index in [1.807, 2.05) is 13.8 Å². The molecule has 0 spiro atoms. The molecule has 198 valence electrons. The van der Waals surface area contributed by atoms with Crippen LogP contribution in [0.3, 0.4) is 0 Å². The van der Waals surface area contributed by atoms with Crippen molar-refractivity contribution in [1.29, 1.82) is 0 Å². The molecule has 1 unspecified atom stereocenters. The molecule has 1 aliphatic rings. The molecule has 1 aliphatic carbocycles. The summed E-state index contributed by atoms with van der Waals surface area (Å²) in [4.78, 5) is 0. The summed E-state index contributed by atoms with van der Waals surface area (Å²) in [5.74, 6) is 0.247. The zero-order valence-corrected chi connectivity index (χ0v) is 24.1. The number of allylic oxidation sites excluding steroid dienone is 5. The lowest BCUT2D eigenvalue weighted by Gasteiger charge is -2.24. The molecule has 0 aliphatic heterocycles. The number of aryl methyl sites for hydroxylation is 1. The first-order valence-electron chi connectivity index (χ1n) is 14.5. The maximum absolute atomic E-state index is 2.39. The van der Waals surface area contributed by atoms with Crippen molar-refractivity contribution in [1.82, 2.24) is 0 Å². The van der Waals surface area contributed by atoms with Crippen LogP contribution in [0.4, 0.5) is 0 Å². The topological polar surface area (TPSA) is 0 Å². The van der Waals surface area contributed by atoms with E-state index in [-0.39, 0.29) is 5.92 Å². The lowest BCUT2D eigenvalue weighted by molar-refractivity contribution is 0.826. The Morgan fingerprint density at radius 2 is 1.27 bits per heavy atom. The van der Waals surface area contributed by atoms with E-state index in [1.54, 1.807) is 0 Å². The van der Waals surface area contributed by atoms with Gasteiger partial charge >= 0.3 is 0 Å². The van der Waals surface area contributed by atoms with E-state index in [0.29, 0.717) is 0 Å². The van der Waals surface area contributed by atoms with Crippen molar-refractivity contribution in [3.63, 3.8) is 0 Å². The van der Waals surface area contributed by atoms with Crippen LogP contribution in [0.5, 0.6) is 0 Å². The van der Waals surface area contributed by atoms with Crippen molar-refractivity contribution in [3.05, 3.63) is 173 Å². The highest BCUT2D eigenvalue weighted by molar-refractivity contribution is 5.99. The number of hydrogen-bond acceptors (Lipinski definition) is 0. The largest absolute Gasteiger partial charge is 0.0836 e. The van der Waals surface area contributed by atoms with Crippen LogP contribution in [-0.4, -0.2) is 0 Å². The van der Waals surface area contributed by atoms with Crippen molar-refractivity contribution in [3.8, 4) is 11.1 Å². The van der Waals surface area contributed by atoms with Crippen molar-refractivity contribution in [2.75, 3.05) is 0 Å². The van der Waals surface area contributed by atoms with Crippen LogP contribution in [-0.2, 0) is 0 Å². The molecule has 0 nitrogen and oxygen atoms in total. The molecule has 0 bridgehead atoms. The highest BCUT2D eigenvalue weighted by Crippen LogP contribution is 2.40. The van der Waals surface area contributed by atoms with Crippen LogP contribution in [0.2, 0.25) is 0 Å². The lowest BCUT2D eigenvalue weighted by Crippen LogP contribution is -2.06. The Morgan fingerprint density at radius 3 is 2.12 bits per heavy atom. The van der Waals surface area contributed by atoms with Gasteiger partial charge in [0.25, 0.3) is 0 Å². The molecular weight excluding hydrogens is 480 g/mol. The first-order chi connectivity index (χ1) is 19.7. The average molecular weight is 519 g/mol. The van der Waals surface area contributed by atoms with Crippen LogP contribution in [0.15, 0.2) is 145 Å². The van der Waals surface area contributed by atoms with Gasteiger partial charge in [-0.2, -0.15) is 0 Å². The summed E-state index contributed by atoms with van der Waals surface area (Å²) in [5.41, 5.74) is 11.7. The van der Waals surface area contributed by atoms with E-state index < -0.39 is 0 Å². The molecule has 0 saturated heterocycles. The van der Waals surface area contributed by atoms with Crippen molar-refractivity contribution in [2.45, 2.75) is 40.0 Å². The van der Waals surface area contributed by atoms with Crippen LogP contribution >= 0.6 is 0 Å². The Balaban J connectivity index is 0.00000158. The molecule has 0 amide bonds. The normalized spacial score (nSPS) is 18.2. The second-order valence-corrected chi connectivity index (χ2v) is 10.2. The summed E-state index contributed by atoms with van der Waals surface area (Å²) in [5, 5.41) is 2.56. The summed E-state index contributed by atoms with van der Waals surface area (Å²) >= 11 is 0. The third-order valence-electron chi connectivity index (χ3n) is 7.66. The molecular formula is C40H38. The maximum atomic E-state index is 2.39. The third-order valence-corrected chi connectivity index (χ3v) is 7.66. The second kappa shape index (κ2) is 12.6. The first kappa shape index (κ1) is 27.2. The molecule has 0 heteroatoms. The maximum Gasteiger partial charge on any atom is 0.0130 e. The van der Waals surface area contributed by atoms with Gasteiger partial charge in [0.1, 0.15) is 0 Å². The van der Waals surface area contributed by atoms with Gasteiger partial charge in [-0.15, -0.1) is 0 Å². The molecule has 0 heterocycles. The summed E-state index contributed by atoms with van der Waals surface area (Å²) < 4.78 is 0. The Hall–Kier alpha value is -4.42. The van der Waals surface area contributed by atoms with Gasteiger partial charge in [0.05, 0.1) is 0 Å². The van der Waals surface area contributed by atoms with E-state index in [9.17, 15) is 0 Å². The molecule has 5 aromatic rings. The Labute approximate surface area is 240 Å². The molecule has 40 heavy (non-hydrogen) atoms.